The molecule has 0 amide bonds. The Hall–Kier alpha value is -0.250. The SMILES string of the molecule is C#[S-](C)OC(C)(C)/C(C)=C\CCNCCN. The third kappa shape index (κ3) is 7.09. The predicted octanol–water partition coefficient (Wildman–Crippen LogP) is 1.42. The zero-order valence-corrected chi connectivity index (χ0v) is 11.7. The Balaban J connectivity index is 4.06. The van der Waals surface area contributed by atoms with E-state index in [1.807, 2.05) is 20.1 Å². The lowest BCUT2D eigenvalue weighted by Gasteiger charge is -2.33. The highest BCUT2D eigenvalue weighted by molar-refractivity contribution is 7.80. The second-order valence-electron chi connectivity index (χ2n) is 4.31. The van der Waals surface area contributed by atoms with Crippen LogP contribution in [0.5, 0.6) is 0 Å². The minimum absolute atomic E-state index is 0.277. The van der Waals surface area contributed by atoms with Gasteiger partial charge in [0, 0.05) is 13.1 Å². The molecule has 0 fully saturated rings. The van der Waals surface area contributed by atoms with Crippen molar-refractivity contribution < 1.29 is 4.18 Å². The zero-order chi connectivity index (χ0) is 12.6. The standard InChI is InChI=1S/C12H25N2OS/c1-11(7-6-9-14-10-8-13)12(2,3)15-16(4)5/h4,7,14H,6,8-10,13H2,1-3,5H3/q-1/b11-7-. The lowest BCUT2D eigenvalue weighted by Crippen LogP contribution is -2.26. The highest BCUT2D eigenvalue weighted by atomic mass is 32.2. The van der Waals surface area contributed by atoms with Crippen molar-refractivity contribution in [1.29, 1.82) is 0 Å². The molecule has 0 unspecified atom stereocenters. The van der Waals surface area contributed by atoms with Gasteiger partial charge in [-0.15, -0.1) is 6.26 Å². The minimum Gasteiger partial charge on any atom is -0.475 e. The van der Waals surface area contributed by atoms with Gasteiger partial charge in [-0.05, 0) is 39.3 Å². The third-order valence-corrected chi connectivity index (χ3v) is 3.06. The Labute approximate surface area is 102 Å². The van der Waals surface area contributed by atoms with Gasteiger partial charge in [0.25, 0.3) is 0 Å². The van der Waals surface area contributed by atoms with Gasteiger partial charge in [-0.25, -0.2) is 0 Å². The van der Waals surface area contributed by atoms with Crippen molar-refractivity contribution in [3.63, 3.8) is 0 Å². The number of hydrogen-bond acceptors (Lipinski definition) is 4. The maximum atomic E-state index is 5.67. The Morgan fingerprint density at radius 1 is 1.50 bits per heavy atom. The molecule has 0 spiro atoms. The van der Waals surface area contributed by atoms with Gasteiger partial charge >= 0.3 is 0 Å². The van der Waals surface area contributed by atoms with Crippen LogP contribution < -0.4 is 11.1 Å². The maximum Gasteiger partial charge on any atom is 0.0610 e. The van der Waals surface area contributed by atoms with E-state index in [9.17, 15) is 0 Å². The van der Waals surface area contributed by atoms with Crippen LogP contribution in [-0.2, 0) is 14.8 Å². The Morgan fingerprint density at radius 3 is 2.62 bits per heavy atom. The van der Waals surface area contributed by atoms with Gasteiger partial charge in [0.1, 0.15) is 0 Å². The minimum atomic E-state index is -0.489. The fourth-order valence-corrected chi connectivity index (χ4v) is 2.05. The molecule has 0 aromatic carbocycles. The van der Waals surface area contributed by atoms with Crippen LogP contribution in [0.3, 0.4) is 0 Å². The Morgan fingerprint density at radius 2 is 2.12 bits per heavy atom. The lowest BCUT2D eigenvalue weighted by atomic mass is 9.99. The average molecular weight is 245 g/mol. The molecular weight excluding hydrogens is 220 g/mol. The molecule has 96 valence electrons. The first kappa shape index (κ1) is 15.8. The van der Waals surface area contributed by atoms with Crippen molar-refractivity contribution in [3.8, 4) is 5.69 Å². The average Bonchev–Trinajstić information content (AvgIpc) is 2.15. The maximum absolute atomic E-state index is 5.67. The van der Waals surface area contributed by atoms with E-state index >= 15 is 0 Å². The Kier molecular flexibility index (Phi) is 7.81. The molecular formula is C12H25N2OS-. The summed E-state index contributed by atoms with van der Waals surface area (Å²) in [5.74, 6) is 0. The van der Waals surface area contributed by atoms with E-state index in [2.05, 4.69) is 18.3 Å². The van der Waals surface area contributed by atoms with Crippen LogP contribution in [-0.4, -0.2) is 31.5 Å². The molecule has 0 aliphatic rings. The van der Waals surface area contributed by atoms with Crippen molar-refractivity contribution >= 4 is 10.6 Å². The molecule has 0 aromatic heterocycles. The van der Waals surface area contributed by atoms with Gasteiger partial charge in [-0.2, -0.15) is 0 Å². The summed E-state index contributed by atoms with van der Waals surface area (Å²) < 4.78 is 5.67. The monoisotopic (exact) mass is 245 g/mol. The first-order valence-corrected chi connectivity index (χ1v) is 7.20. The fourth-order valence-electron chi connectivity index (χ4n) is 1.26. The van der Waals surface area contributed by atoms with E-state index < -0.39 is 10.6 Å². The molecule has 16 heavy (non-hydrogen) atoms. The number of nitrogens with two attached hydrogens (primary N) is 1. The van der Waals surface area contributed by atoms with Gasteiger partial charge < -0.3 is 25.8 Å². The number of nitrogens with one attached hydrogen (secondary N) is 1. The molecule has 0 atom stereocenters. The van der Waals surface area contributed by atoms with Crippen LogP contribution in [0.2, 0.25) is 0 Å². The molecule has 0 radical (unpaired) electrons. The van der Waals surface area contributed by atoms with Gasteiger partial charge in [0.05, 0.1) is 5.60 Å². The second-order valence-corrected chi connectivity index (χ2v) is 5.47. The van der Waals surface area contributed by atoms with Gasteiger partial charge in [0.15, 0.2) is 0 Å². The van der Waals surface area contributed by atoms with Gasteiger partial charge in [0.2, 0.25) is 0 Å². The molecule has 4 heteroatoms. The van der Waals surface area contributed by atoms with E-state index in [0.717, 1.165) is 19.5 Å². The summed E-state index contributed by atoms with van der Waals surface area (Å²) in [7, 11) is -0.489. The van der Waals surface area contributed by atoms with Crippen LogP contribution in [0.4, 0.5) is 0 Å². The molecule has 0 heterocycles. The summed E-state index contributed by atoms with van der Waals surface area (Å²) in [4.78, 5) is 0. The summed E-state index contributed by atoms with van der Waals surface area (Å²) in [6.07, 6.45) is 5.05. The van der Waals surface area contributed by atoms with E-state index in [1.165, 1.54) is 5.57 Å². The van der Waals surface area contributed by atoms with Crippen LogP contribution in [0.15, 0.2) is 11.6 Å². The van der Waals surface area contributed by atoms with Crippen LogP contribution >= 0.6 is 0 Å². The Bertz CT molecular complexity index is 289. The van der Waals surface area contributed by atoms with Gasteiger partial charge in [-0.1, -0.05) is 6.08 Å². The van der Waals surface area contributed by atoms with Crippen molar-refractivity contribution in [2.45, 2.75) is 32.8 Å². The summed E-state index contributed by atoms with van der Waals surface area (Å²) in [6.45, 7) is 8.67. The molecule has 3 N–H and O–H groups in total. The topological polar surface area (TPSA) is 47.3 Å². The van der Waals surface area contributed by atoms with Crippen molar-refractivity contribution in [2.75, 3.05) is 25.9 Å². The normalized spacial score (nSPS) is 13.4. The molecule has 0 saturated heterocycles. The van der Waals surface area contributed by atoms with Gasteiger partial charge in [-0.3, -0.25) is 5.69 Å². The quantitative estimate of drug-likeness (QED) is 0.405. The molecule has 0 bridgehead atoms. The van der Waals surface area contributed by atoms with E-state index in [1.54, 1.807) is 0 Å². The summed E-state index contributed by atoms with van der Waals surface area (Å²) >= 11 is 0. The highest BCUT2D eigenvalue weighted by Crippen LogP contribution is 2.21. The smallest absolute Gasteiger partial charge is 0.0610 e. The summed E-state index contributed by atoms with van der Waals surface area (Å²) in [6, 6.07) is 0. The summed E-state index contributed by atoms with van der Waals surface area (Å²) in [5.41, 5.74) is 12.0. The second kappa shape index (κ2) is 7.93. The van der Waals surface area contributed by atoms with Crippen molar-refractivity contribution in [1.82, 2.24) is 5.32 Å². The van der Waals surface area contributed by atoms with E-state index in [4.69, 9.17) is 15.6 Å². The fraction of sp³-hybridized carbons (Fsp3) is 0.750. The first-order valence-electron chi connectivity index (χ1n) is 5.58. The van der Waals surface area contributed by atoms with Crippen LogP contribution in [0.1, 0.15) is 27.2 Å². The van der Waals surface area contributed by atoms with Crippen molar-refractivity contribution in [3.05, 3.63) is 11.6 Å². The number of hydrogen-bond donors (Lipinski definition) is 2. The molecule has 3 nitrogen and oxygen atoms in total. The van der Waals surface area contributed by atoms with Crippen LogP contribution in [0.25, 0.3) is 0 Å². The first-order chi connectivity index (χ1) is 7.40. The third-order valence-electron chi connectivity index (χ3n) is 2.38. The summed E-state index contributed by atoms with van der Waals surface area (Å²) in [5, 5.41) is 3.25. The molecule has 0 aliphatic heterocycles. The van der Waals surface area contributed by atoms with Crippen molar-refractivity contribution in [2.24, 2.45) is 5.73 Å². The predicted molar refractivity (Wildman–Crippen MR) is 73.7 cm³/mol. The molecule has 0 aliphatic carbocycles. The largest absolute Gasteiger partial charge is 0.475 e. The zero-order valence-electron chi connectivity index (χ0n) is 10.9. The molecule has 0 saturated carbocycles. The van der Waals surface area contributed by atoms with Crippen LogP contribution in [0, 0.1) is 5.69 Å². The van der Waals surface area contributed by atoms with E-state index in [0.29, 0.717) is 6.54 Å². The number of rotatable bonds is 7. The molecule has 0 rings (SSSR count). The highest BCUT2D eigenvalue weighted by Gasteiger charge is 2.16. The lowest BCUT2D eigenvalue weighted by molar-refractivity contribution is 0.181. The molecule has 0 aromatic rings. The van der Waals surface area contributed by atoms with E-state index in [-0.39, 0.29) is 5.60 Å².